The number of hydrogen-bond acceptors (Lipinski definition) is 3. The number of H-pyrrole nitrogens is 1. The van der Waals surface area contributed by atoms with Crippen LogP contribution in [0.1, 0.15) is 11.6 Å². The molecular weight excluding hydrogens is 333 g/mol. The normalized spacial score (nSPS) is 16.7. The molecule has 2 heterocycles. The van der Waals surface area contributed by atoms with Crippen LogP contribution in [-0.2, 0) is 4.79 Å². The highest BCUT2D eigenvalue weighted by molar-refractivity contribution is 5.89. The van der Waals surface area contributed by atoms with Crippen LogP contribution in [-0.4, -0.2) is 47.1 Å². The van der Waals surface area contributed by atoms with Crippen molar-refractivity contribution in [3.8, 4) is 0 Å². The van der Waals surface area contributed by atoms with E-state index in [0.29, 0.717) is 24.2 Å². The number of piperazine rings is 1. The van der Waals surface area contributed by atoms with E-state index < -0.39 is 12.0 Å². The Labute approximate surface area is 150 Å². The van der Waals surface area contributed by atoms with Crippen molar-refractivity contribution in [1.29, 1.82) is 0 Å². The average molecular weight is 353 g/mol. The van der Waals surface area contributed by atoms with Crippen LogP contribution < -0.4 is 4.90 Å². The number of para-hydroxylation sites is 1. The molecule has 0 spiro atoms. The van der Waals surface area contributed by atoms with E-state index >= 15 is 0 Å². The second kappa shape index (κ2) is 6.80. The van der Waals surface area contributed by atoms with Gasteiger partial charge in [-0.15, -0.1) is 0 Å². The Morgan fingerprint density at radius 1 is 1.08 bits per heavy atom. The largest absolute Gasteiger partial charge is 0.480 e. The summed E-state index contributed by atoms with van der Waals surface area (Å²) in [6.45, 7) is 2.84. The second-order valence-electron chi connectivity index (χ2n) is 6.53. The number of hydrogen-bond donors (Lipinski definition) is 2. The van der Waals surface area contributed by atoms with Gasteiger partial charge in [0, 0.05) is 54.5 Å². The van der Waals surface area contributed by atoms with Crippen molar-refractivity contribution in [3.05, 3.63) is 66.1 Å². The molecule has 0 aliphatic carbocycles. The van der Waals surface area contributed by atoms with Crippen molar-refractivity contribution in [1.82, 2.24) is 9.88 Å². The lowest BCUT2D eigenvalue weighted by Gasteiger charge is -2.38. The van der Waals surface area contributed by atoms with Gasteiger partial charge in [-0.2, -0.15) is 0 Å². The Morgan fingerprint density at radius 2 is 1.81 bits per heavy atom. The summed E-state index contributed by atoms with van der Waals surface area (Å²) in [5, 5.41) is 10.6. The maximum Gasteiger partial charge on any atom is 0.325 e. The fourth-order valence-corrected chi connectivity index (χ4v) is 3.71. The highest BCUT2D eigenvalue weighted by atomic mass is 19.1. The molecule has 2 aromatic carbocycles. The minimum atomic E-state index is -0.886. The van der Waals surface area contributed by atoms with Crippen LogP contribution in [0, 0.1) is 5.82 Å². The van der Waals surface area contributed by atoms with E-state index in [1.54, 1.807) is 12.3 Å². The number of carboxylic acids is 1. The minimum absolute atomic E-state index is 0.339. The maximum absolute atomic E-state index is 13.4. The highest BCUT2D eigenvalue weighted by Gasteiger charge is 2.32. The predicted octanol–water partition coefficient (Wildman–Crippen LogP) is 3.25. The second-order valence-corrected chi connectivity index (χ2v) is 6.53. The Balaban J connectivity index is 1.57. The number of carbonyl (C=O) groups is 1. The summed E-state index contributed by atoms with van der Waals surface area (Å²) in [7, 11) is 0. The molecule has 134 valence electrons. The highest BCUT2D eigenvalue weighted by Crippen LogP contribution is 2.30. The molecule has 0 unspecified atom stereocenters. The van der Waals surface area contributed by atoms with Gasteiger partial charge in [0.25, 0.3) is 0 Å². The van der Waals surface area contributed by atoms with Crippen LogP contribution in [0.25, 0.3) is 10.9 Å². The van der Waals surface area contributed by atoms with E-state index in [1.165, 1.54) is 12.1 Å². The number of nitrogens with zero attached hydrogens (tertiary/aromatic N) is 2. The van der Waals surface area contributed by atoms with Gasteiger partial charge in [-0.3, -0.25) is 9.69 Å². The molecule has 0 bridgehead atoms. The summed E-state index contributed by atoms with van der Waals surface area (Å²) in [4.78, 5) is 19.3. The number of nitrogens with one attached hydrogen (secondary N) is 1. The molecule has 0 radical (unpaired) electrons. The topological polar surface area (TPSA) is 59.6 Å². The summed E-state index contributed by atoms with van der Waals surface area (Å²) >= 11 is 0. The predicted molar refractivity (Wildman–Crippen MR) is 98.9 cm³/mol. The summed E-state index contributed by atoms with van der Waals surface area (Å²) in [5.41, 5.74) is 2.46. The number of anilines is 1. The molecule has 0 amide bonds. The molecule has 3 aromatic rings. The fraction of sp³-hybridized carbons (Fsp3) is 0.250. The molecule has 6 heteroatoms. The zero-order valence-electron chi connectivity index (χ0n) is 14.2. The molecule has 4 rings (SSSR count). The van der Waals surface area contributed by atoms with Gasteiger partial charge in [0.1, 0.15) is 11.9 Å². The smallest absolute Gasteiger partial charge is 0.325 e. The zero-order valence-corrected chi connectivity index (χ0v) is 14.2. The molecule has 1 atom stereocenters. The minimum Gasteiger partial charge on any atom is -0.480 e. The Hall–Kier alpha value is -2.86. The van der Waals surface area contributed by atoms with Crippen molar-refractivity contribution in [3.63, 3.8) is 0 Å². The van der Waals surface area contributed by atoms with E-state index in [-0.39, 0.29) is 5.82 Å². The van der Waals surface area contributed by atoms with Crippen LogP contribution in [0.3, 0.4) is 0 Å². The van der Waals surface area contributed by atoms with E-state index in [9.17, 15) is 14.3 Å². The summed E-state index contributed by atoms with van der Waals surface area (Å²) < 4.78 is 13.4. The van der Waals surface area contributed by atoms with E-state index in [4.69, 9.17) is 0 Å². The van der Waals surface area contributed by atoms with Crippen molar-refractivity contribution in [2.75, 3.05) is 31.1 Å². The van der Waals surface area contributed by atoms with Gasteiger partial charge in [0.2, 0.25) is 0 Å². The van der Waals surface area contributed by atoms with E-state index in [1.807, 2.05) is 23.1 Å². The number of benzene rings is 2. The first-order valence-electron chi connectivity index (χ1n) is 8.67. The number of carboxylic acid groups (broad SMARTS) is 1. The van der Waals surface area contributed by atoms with Gasteiger partial charge in [-0.25, -0.2) is 4.39 Å². The lowest BCUT2D eigenvalue weighted by molar-refractivity contribution is -0.143. The first kappa shape index (κ1) is 16.6. The number of aromatic nitrogens is 1. The quantitative estimate of drug-likeness (QED) is 0.756. The molecule has 2 N–H and O–H groups in total. The molecule has 1 saturated heterocycles. The standard InChI is InChI=1S/C20H20FN3O2/c21-14-6-7-16-17(13-22-18(16)12-14)19(20(25)26)24-10-8-23(9-11-24)15-4-2-1-3-5-15/h1-7,12-13,19,22H,8-11H2,(H,25,26)/t19-/m1/s1. The first-order valence-corrected chi connectivity index (χ1v) is 8.67. The summed E-state index contributed by atoms with van der Waals surface area (Å²) in [6, 6.07) is 13.8. The third-order valence-corrected chi connectivity index (χ3v) is 5.01. The molecule has 5 nitrogen and oxygen atoms in total. The first-order chi connectivity index (χ1) is 12.6. The Morgan fingerprint density at radius 3 is 2.50 bits per heavy atom. The summed E-state index contributed by atoms with van der Waals surface area (Å²) in [6.07, 6.45) is 1.69. The molecule has 0 saturated carbocycles. The molecule has 26 heavy (non-hydrogen) atoms. The van der Waals surface area contributed by atoms with Crippen LogP contribution in [0.5, 0.6) is 0 Å². The third-order valence-electron chi connectivity index (χ3n) is 5.01. The fourth-order valence-electron chi connectivity index (χ4n) is 3.71. The van der Waals surface area contributed by atoms with E-state index in [0.717, 1.165) is 24.2 Å². The molecular formula is C20H20FN3O2. The van der Waals surface area contributed by atoms with Gasteiger partial charge in [-0.05, 0) is 30.3 Å². The molecule has 1 fully saturated rings. The van der Waals surface area contributed by atoms with Gasteiger partial charge < -0.3 is 15.0 Å². The van der Waals surface area contributed by atoms with Crippen molar-refractivity contribution in [2.45, 2.75) is 6.04 Å². The number of aromatic amines is 1. The van der Waals surface area contributed by atoms with Gasteiger partial charge >= 0.3 is 5.97 Å². The van der Waals surface area contributed by atoms with Crippen LogP contribution in [0.15, 0.2) is 54.7 Å². The van der Waals surface area contributed by atoms with Crippen molar-refractivity contribution in [2.24, 2.45) is 0 Å². The SMILES string of the molecule is O=C(O)[C@@H](c1c[nH]c2cc(F)ccc12)N1CCN(c2ccccc2)CC1. The summed E-state index contributed by atoms with van der Waals surface area (Å²) in [5.74, 6) is -1.22. The number of fused-ring (bicyclic) bond motifs is 1. The Kier molecular flexibility index (Phi) is 4.34. The van der Waals surface area contributed by atoms with Gasteiger partial charge in [0.15, 0.2) is 0 Å². The van der Waals surface area contributed by atoms with Crippen LogP contribution in [0.4, 0.5) is 10.1 Å². The lowest BCUT2D eigenvalue weighted by atomic mass is 10.0. The number of rotatable bonds is 4. The Bertz CT molecular complexity index is 917. The monoisotopic (exact) mass is 353 g/mol. The van der Waals surface area contributed by atoms with Gasteiger partial charge in [-0.1, -0.05) is 18.2 Å². The van der Waals surface area contributed by atoms with Crippen molar-refractivity contribution < 1.29 is 14.3 Å². The zero-order chi connectivity index (χ0) is 18.1. The van der Waals surface area contributed by atoms with Crippen LogP contribution in [0.2, 0.25) is 0 Å². The van der Waals surface area contributed by atoms with E-state index in [2.05, 4.69) is 22.0 Å². The number of halogens is 1. The van der Waals surface area contributed by atoms with Crippen LogP contribution >= 0.6 is 0 Å². The third kappa shape index (κ3) is 3.04. The van der Waals surface area contributed by atoms with Crippen molar-refractivity contribution >= 4 is 22.6 Å². The maximum atomic E-state index is 13.4. The molecule has 1 aliphatic rings. The lowest BCUT2D eigenvalue weighted by Crippen LogP contribution is -2.49. The molecule has 1 aromatic heterocycles. The average Bonchev–Trinajstić information content (AvgIpc) is 3.05. The molecule has 1 aliphatic heterocycles. The number of aliphatic carboxylic acids is 1. The van der Waals surface area contributed by atoms with Gasteiger partial charge in [0.05, 0.1) is 0 Å².